The first-order chi connectivity index (χ1) is 13.3. The van der Waals surface area contributed by atoms with E-state index in [4.69, 9.17) is 0 Å². The lowest BCUT2D eigenvalue weighted by Gasteiger charge is -2.08. The monoisotopic (exact) mass is 414 g/mol. The Morgan fingerprint density at radius 1 is 1.11 bits per heavy atom. The molecule has 0 fully saturated rings. The summed E-state index contributed by atoms with van der Waals surface area (Å²) in [7, 11) is -3.46. The van der Waals surface area contributed by atoms with Crippen LogP contribution < -0.4 is 5.32 Å². The largest absolute Gasteiger partial charge is 0.346 e. The number of carbonyl (C=O) groups excluding carboxylic acids is 1. The summed E-state index contributed by atoms with van der Waals surface area (Å²) in [4.78, 5) is 17.2. The predicted octanol–water partition coefficient (Wildman–Crippen LogP) is 4.17. The Kier molecular flexibility index (Phi) is 6.26. The molecule has 5 nitrogen and oxygen atoms in total. The van der Waals surface area contributed by atoms with Crippen molar-refractivity contribution >= 4 is 27.1 Å². The second-order valence-electron chi connectivity index (χ2n) is 6.79. The first kappa shape index (κ1) is 20.2. The quantitative estimate of drug-likeness (QED) is 0.629. The van der Waals surface area contributed by atoms with Gasteiger partial charge in [0.05, 0.1) is 27.9 Å². The van der Waals surface area contributed by atoms with E-state index in [0.717, 1.165) is 10.7 Å². The maximum atomic E-state index is 12.5. The van der Waals surface area contributed by atoms with Gasteiger partial charge in [-0.05, 0) is 29.8 Å². The minimum absolute atomic E-state index is 0.151. The summed E-state index contributed by atoms with van der Waals surface area (Å²) in [6.45, 7) is 4.50. The Balaban J connectivity index is 1.67. The lowest BCUT2D eigenvalue weighted by molar-refractivity contribution is 0.0950. The van der Waals surface area contributed by atoms with Crippen molar-refractivity contribution in [3.05, 3.63) is 81.8 Å². The van der Waals surface area contributed by atoms with Crippen molar-refractivity contribution < 1.29 is 13.2 Å². The molecule has 0 aliphatic heterocycles. The zero-order valence-corrected chi connectivity index (χ0v) is 17.4. The summed E-state index contributed by atoms with van der Waals surface area (Å²) in [6, 6.07) is 15.0. The molecule has 0 aliphatic rings. The van der Waals surface area contributed by atoms with Crippen LogP contribution in [0.1, 0.15) is 46.4 Å². The first-order valence-electron chi connectivity index (χ1n) is 8.94. The van der Waals surface area contributed by atoms with Crippen LogP contribution in [-0.2, 0) is 22.1 Å². The molecular formula is C21H22N2O3S2. The van der Waals surface area contributed by atoms with Gasteiger partial charge < -0.3 is 5.32 Å². The maximum Gasteiger partial charge on any atom is 0.251 e. The van der Waals surface area contributed by atoms with E-state index in [0.29, 0.717) is 23.6 Å². The van der Waals surface area contributed by atoms with Crippen LogP contribution in [0.15, 0.2) is 64.9 Å². The van der Waals surface area contributed by atoms with Gasteiger partial charge in [-0.3, -0.25) is 4.79 Å². The van der Waals surface area contributed by atoms with Gasteiger partial charge in [0.2, 0.25) is 0 Å². The smallest absolute Gasteiger partial charge is 0.251 e. The van der Waals surface area contributed by atoms with Crippen LogP contribution >= 0.6 is 11.3 Å². The molecule has 0 atom stereocenters. The van der Waals surface area contributed by atoms with Crippen LogP contribution in [0.5, 0.6) is 0 Å². The van der Waals surface area contributed by atoms with E-state index in [-0.39, 0.29) is 16.6 Å². The van der Waals surface area contributed by atoms with Gasteiger partial charge in [0.15, 0.2) is 9.84 Å². The third-order valence-corrected chi connectivity index (χ3v) is 7.04. The topological polar surface area (TPSA) is 76.1 Å². The molecule has 28 heavy (non-hydrogen) atoms. The van der Waals surface area contributed by atoms with Crippen molar-refractivity contribution in [3.63, 3.8) is 0 Å². The third kappa shape index (κ3) is 5.05. The van der Waals surface area contributed by atoms with E-state index >= 15 is 0 Å². The lowest BCUT2D eigenvalue weighted by atomic mass is 10.1. The second-order valence-corrected chi connectivity index (χ2v) is 9.67. The molecular weight excluding hydrogens is 392 g/mol. The Morgan fingerprint density at radius 2 is 1.86 bits per heavy atom. The molecule has 3 aromatic rings. The number of hydrogen-bond donors (Lipinski definition) is 1. The molecule has 0 bridgehead atoms. The van der Waals surface area contributed by atoms with E-state index < -0.39 is 9.84 Å². The number of aromatic nitrogens is 1. The molecule has 2 aromatic carbocycles. The number of nitrogens with zero attached hydrogens (tertiary/aromatic N) is 1. The first-order valence-corrected chi connectivity index (χ1v) is 11.5. The van der Waals surface area contributed by atoms with Gasteiger partial charge in [-0.1, -0.05) is 44.2 Å². The Hall–Kier alpha value is -2.51. The van der Waals surface area contributed by atoms with Crippen molar-refractivity contribution in [2.45, 2.75) is 37.0 Å². The van der Waals surface area contributed by atoms with Gasteiger partial charge in [-0.2, -0.15) is 0 Å². The Bertz CT molecular complexity index is 1060. The Labute approximate surface area is 169 Å². The molecule has 3 rings (SSSR count). The van der Waals surface area contributed by atoms with E-state index in [9.17, 15) is 13.2 Å². The highest BCUT2D eigenvalue weighted by Crippen LogP contribution is 2.19. The zero-order valence-electron chi connectivity index (χ0n) is 15.8. The average molecular weight is 415 g/mol. The average Bonchev–Trinajstić information content (AvgIpc) is 3.16. The highest BCUT2D eigenvalue weighted by Gasteiger charge is 2.16. The standard InChI is InChI=1S/C21H22N2O3S2/c1-15(2)21-23-18(13-27-21)12-22-20(24)17-8-6-7-16(11-17)14-28(25,26)19-9-4-3-5-10-19/h3-11,13,15H,12,14H2,1-2H3,(H,22,24). The molecule has 1 amide bonds. The van der Waals surface area contributed by atoms with Crippen LogP contribution in [0, 0.1) is 0 Å². The van der Waals surface area contributed by atoms with Crippen molar-refractivity contribution in [1.82, 2.24) is 10.3 Å². The van der Waals surface area contributed by atoms with E-state index in [1.165, 1.54) is 0 Å². The zero-order chi connectivity index (χ0) is 20.1. The van der Waals surface area contributed by atoms with Crippen LogP contribution in [0.2, 0.25) is 0 Å². The minimum atomic E-state index is -3.46. The van der Waals surface area contributed by atoms with E-state index in [2.05, 4.69) is 24.1 Å². The molecule has 0 unspecified atom stereocenters. The molecule has 1 N–H and O–H groups in total. The number of nitrogens with one attached hydrogen (secondary N) is 1. The van der Waals surface area contributed by atoms with Crippen LogP contribution in [0.3, 0.4) is 0 Å². The molecule has 1 heterocycles. The predicted molar refractivity (Wildman–Crippen MR) is 111 cm³/mol. The highest BCUT2D eigenvalue weighted by molar-refractivity contribution is 7.90. The molecule has 0 spiro atoms. The SMILES string of the molecule is CC(C)c1nc(CNC(=O)c2cccc(CS(=O)(=O)c3ccccc3)c2)cs1. The molecule has 0 saturated heterocycles. The molecule has 0 saturated carbocycles. The van der Waals surface area contributed by atoms with Gasteiger partial charge in [0, 0.05) is 16.9 Å². The number of sulfone groups is 1. The number of amides is 1. The fourth-order valence-corrected chi connectivity index (χ4v) is 4.87. The number of carbonyl (C=O) groups is 1. The van der Waals surface area contributed by atoms with Gasteiger partial charge >= 0.3 is 0 Å². The van der Waals surface area contributed by atoms with Gasteiger partial charge in [0.25, 0.3) is 5.91 Å². The van der Waals surface area contributed by atoms with E-state index in [1.54, 1.807) is 65.9 Å². The summed E-state index contributed by atoms with van der Waals surface area (Å²) in [5.41, 5.74) is 1.83. The van der Waals surface area contributed by atoms with Crippen molar-refractivity contribution in [3.8, 4) is 0 Å². The summed E-state index contributed by atoms with van der Waals surface area (Å²) in [5.74, 6) is -0.0436. The van der Waals surface area contributed by atoms with Crippen molar-refractivity contribution in [2.24, 2.45) is 0 Å². The summed E-state index contributed by atoms with van der Waals surface area (Å²) >= 11 is 1.58. The summed E-state index contributed by atoms with van der Waals surface area (Å²) < 4.78 is 25.1. The lowest BCUT2D eigenvalue weighted by Crippen LogP contribution is -2.23. The normalized spacial score (nSPS) is 11.5. The van der Waals surface area contributed by atoms with Gasteiger partial charge in [-0.15, -0.1) is 11.3 Å². The van der Waals surface area contributed by atoms with Crippen LogP contribution in [0.4, 0.5) is 0 Å². The van der Waals surface area contributed by atoms with E-state index in [1.807, 2.05) is 5.38 Å². The number of benzene rings is 2. The van der Waals surface area contributed by atoms with Crippen LogP contribution in [0.25, 0.3) is 0 Å². The number of rotatable bonds is 7. The third-order valence-electron chi connectivity index (χ3n) is 4.14. The summed E-state index contributed by atoms with van der Waals surface area (Å²) in [6.07, 6.45) is 0. The van der Waals surface area contributed by atoms with Gasteiger partial charge in [-0.25, -0.2) is 13.4 Å². The fourth-order valence-electron chi connectivity index (χ4n) is 2.67. The molecule has 0 radical (unpaired) electrons. The van der Waals surface area contributed by atoms with Crippen LogP contribution in [-0.4, -0.2) is 19.3 Å². The maximum absolute atomic E-state index is 12.5. The minimum Gasteiger partial charge on any atom is -0.346 e. The number of thiazole rings is 1. The van der Waals surface area contributed by atoms with Crippen molar-refractivity contribution in [1.29, 1.82) is 0 Å². The number of hydrogen-bond acceptors (Lipinski definition) is 5. The molecule has 1 aromatic heterocycles. The molecule has 0 aliphatic carbocycles. The van der Waals surface area contributed by atoms with Crippen molar-refractivity contribution in [2.75, 3.05) is 0 Å². The fraction of sp³-hybridized carbons (Fsp3) is 0.238. The highest BCUT2D eigenvalue weighted by atomic mass is 32.2. The molecule has 146 valence electrons. The molecule has 7 heteroatoms. The Morgan fingerprint density at radius 3 is 2.54 bits per heavy atom. The summed E-state index contributed by atoms with van der Waals surface area (Å²) in [5, 5.41) is 5.83. The second kappa shape index (κ2) is 8.67. The van der Waals surface area contributed by atoms with Gasteiger partial charge in [0.1, 0.15) is 0 Å².